The second kappa shape index (κ2) is 6.40. The van der Waals surface area contributed by atoms with Gasteiger partial charge in [0, 0.05) is 10.0 Å². The second-order valence-corrected chi connectivity index (χ2v) is 5.16. The van der Waals surface area contributed by atoms with Crippen LogP contribution in [0.15, 0.2) is 42.5 Å². The Hall–Kier alpha value is -1.06. The van der Waals surface area contributed by atoms with Crippen LogP contribution in [0.5, 0.6) is 0 Å². The largest absolute Gasteiger partial charge is 0.271 e. The number of hydrogen-bond donors (Lipinski definition) is 2. The summed E-state index contributed by atoms with van der Waals surface area (Å²) in [6.45, 7) is 2.12. The SMILES string of the molecule is CCc1ccccc1C(NN)c1cc(Cl)ccc1Cl. The van der Waals surface area contributed by atoms with Crippen LogP contribution in [0.3, 0.4) is 0 Å². The normalized spacial score (nSPS) is 12.4. The zero-order chi connectivity index (χ0) is 13.8. The molecule has 4 heteroatoms. The van der Waals surface area contributed by atoms with Gasteiger partial charge in [-0.2, -0.15) is 0 Å². The van der Waals surface area contributed by atoms with Gasteiger partial charge in [-0.3, -0.25) is 5.84 Å². The third-order valence-electron chi connectivity index (χ3n) is 3.18. The minimum Gasteiger partial charge on any atom is -0.271 e. The predicted molar refractivity (Wildman–Crippen MR) is 81.4 cm³/mol. The molecule has 0 aliphatic carbocycles. The third kappa shape index (κ3) is 3.10. The van der Waals surface area contributed by atoms with E-state index < -0.39 is 0 Å². The first kappa shape index (κ1) is 14.4. The highest BCUT2D eigenvalue weighted by molar-refractivity contribution is 6.33. The van der Waals surface area contributed by atoms with Crippen LogP contribution in [0.2, 0.25) is 10.0 Å². The predicted octanol–water partition coefficient (Wildman–Crippen LogP) is 4.11. The molecule has 100 valence electrons. The Morgan fingerprint density at radius 2 is 1.84 bits per heavy atom. The van der Waals surface area contributed by atoms with Crippen LogP contribution < -0.4 is 11.3 Å². The molecule has 0 saturated heterocycles. The number of nitrogens with two attached hydrogens (primary N) is 1. The van der Waals surface area contributed by atoms with E-state index in [1.807, 2.05) is 18.2 Å². The van der Waals surface area contributed by atoms with Crippen molar-refractivity contribution in [3.8, 4) is 0 Å². The van der Waals surface area contributed by atoms with Gasteiger partial charge in [-0.1, -0.05) is 54.4 Å². The molecule has 1 atom stereocenters. The Morgan fingerprint density at radius 1 is 1.11 bits per heavy atom. The first-order valence-corrected chi connectivity index (χ1v) is 6.91. The van der Waals surface area contributed by atoms with Crippen molar-refractivity contribution in [3.63, 3.8) is 0 Å². The van der Waals surface area contributed by atoms with Crippen molar-refractivity contribution >= 4 is 23.2 Å². The molecule has 0 amide bonds. The lowest BCUT2D eigenvalue weighted by molar-refractivity contribution is 0.631. The van der Waals surface area contributed by atoms with Crippen LogP contribution in [-0.4, -0.2) is 0 Å². The number of halogens is 2. The Bertz CT molecular complexity index is 570. The molecule has 0 aromatic heterocycles. The van der Waals surface area contributed by atoms with E-state index in [1.54, 1.807) is 12.1 Å². The molecule has 0 fully saturated rings. The quantitative estimate of drug-likeness (QED) is 0.658. The maximum atomic E-state index is 6.26. The van der Waals surface area contributed by atoms with E-state index in [1.165, 1.54) is 5.56 Å². The fourth-order valence-corrected chi connectivity index (χ4v) is 2.63. The topological polar surface area (TPSA) is 38.0 Å². The smallest absolute Gasteiger partial charge is 0.0727 e. The standard InChI is InChI=1S/C15H16Cl2N2/c1-2-10-5-3-4-6-12(10)15(19-18)13-9-11(16)7-8-14(13)17/h3-9,15,19H,2,18H2,1H3. The molecule has 0 aliphatic rings. The zero-order valence-corrected chi connectivity index (χ0v) is 12.2. The summed E-state index contributed by atoms with van der Waals surface area (Å²) in [5.74, 6) is 5.73. The van der Waals surface area contributed by atoms with Crippen molar-refractivity contribution in [3.05, 3.63) is 69.2 Å². The van der Waals surface area contributed by atoms with E-state index >= 15 is 0 Å². The minimum absolute atomic E-state index is 0.164. The second-order valence-electron chi connectivity index (χ2n) is 4.32. The van der Waals surface area contributed by atoms with Crippen molar-refractivity contribution in [2.75, 3.05) is 0 Å². The van der Waals surface area contributed by atoms with Crippen molar-refractivity contribution in [1.29, 1.82) is 0 Å². The maximum absolute atomic E-state index is 6.26. The Kier molecular flexibility index (Phi) is 4.83. The number of nitrogens with one attached hydrogen (secondary N) is 1. The van der Waals surface area contributed by atoms with E-state index in [-0.39, 0.29) is 6.04 Å². The van der Waals surface area contributed by atoms with Crippen LogP contribution >= 0.6 is 23.2 Å². The molecule has 0 heterocycles. The van der Waals surface area contributed by atoms with E-state index in [2.05, 4.69) is 24.5 Å². The van der Waals surface area contributed by atoms with Gasteiger partial charge in [-0.15, -0.1) is 0 Å². The molecule has 3 N–H and O–H groups in total. The highest BCUT2D eigenvalue weighted by atomic mass is 35.5. The first-order valence-electron chi connectivity index (χ1n) is 6.16. The van der Waals surface area contributed by atoms with Gasteiger partial charge in [0.05, 0.1) is 6.04 Å². The molecule has 0 bridgehead atoms. The van der Waals surface area contributed by atoms with Crippen molar-refractivity contribution in [2.45, 2.75) is 19.4 Å². The maximum Gasteiger partial charge on any atom is 0.0727 e. The molecule has 1 unspecified atom stereocenters. The van der Waals surface area contributed by atoms with Crippen LogP contribution in [0.1, 0.15) is 29.7 Å². The molecule has 19 heavy (non-hydrogen) atoms. The summed E-state index contributed by atoms with van der Waals surface area (Å²) in [7, 11) is 0. The van der Waals surface area contributed by atoms with Gasteiger partial charge < -0.3 is 0 Å². The number of benzene rings is 2. The van der Waals surface area contributed by atoms with Crippen LogP contribution in [0.25, 0.3) is 0 Å². The lowest BCUT2D eigenvalue weighted by Gasteiger charge is -2.21. The van der Waals surface area contributed by atoms with Gasteiger partial charge in [-0.05, 0) is 41.3 Å². The molecule has 2 aromatic carbocycles. The summed E-state index contributed by atoms with van der Waals surface area (Å²) >= 11 is 12.3. The molecule has 0 spiro atoms. The van der Waals surface area contributed by atoms with Gasteiger partial charge in [0.25, 0.3) is 0 Å². The molecule has 0 aliphatic heterocycles. The molecule has 2 rings (SSSR count). The summed E-state index contributed by atoms with van der Waals surface area (Å²) < 4.78 is 0. The molecular formula is C15H16Cl2N2. The third-order valence-corrected chi connectivity index (χ3v) is 3.76. The molecule has 0 radical (unpaired) electrons. The fraction of sp³-hybridized carbons (Fsp3) is 0.200. The van der Waals surface area contributed by atoms with Gasteiger partial charge >= 0.3 is 0 Å². The average molecular weight is 295 g/mol. The van der Waals surface area contributed by atoms with Crippen LogP contribution in [0, 0.1) is 0 Å². The van der Waals surface area contributed by atoms with Crippen molar-refractivity contribution < 1.29 is 0 Å². The Morgan fingerprint density at radius 3 is 2.53 bits per heavy atom. The average Bonchev–Trinajstić information content (AvgIpc) is 2.44. The van der Waals surface area contributed by atoms with E-state index in [0.717, 1.165) is 17.5 Å². The van der Waals surface area contributed by atoms with E-state index in [9.17, 15) is 0 Å². The monoisotopic (exact) mass is 294 g/mol. The zero-order valence-electron chi connectivity index (χ0n) is 10.7. The van der Waals surface area contributed by atoms with Gasteiger partial charge in [0.2, 0.25) is 0 Å². The molecule has 0 saturated carbocycles. The lowest BCUT2D eigenvalue weighted by atomic mass is 9.94. The number of rotatable bonds is 4. The molecule has 2 nitrogen and oxygen atoms in total. The minimum atomic E-state index is -0.164. The van der Waals surface area contributed by atoms with Gasteiger partial charge in [0.1, 0.15) is 0 Å². The number of hydrogen-bond acceptors (Lipinski definition) is 2. The van der Waals surface area contributed by atoms with Gasteiger partial charge in [-0.25, -0.2) is 5.43 Å². The van der Waals surface area contributed by atoms with Crippen molar-refractivity contribution in [2.24, 2.45) is 5.84 Å². The summed E-state index contributed by atoms with van der Waals surface area (Å²) in [6, 6.07) is 13.4. The van der Waals surface area contributed by atoms with E-state index in [0.29, 0.717) is 10.0 Å². The van der Waals surface area contributed by atoms with Crippen molar-refractivity contribution in [1.82, 2.24) is 5.43 Å². The number of hydrazine groups is 1. The summed E-state index contributed by atoms with van der Waals surface area (Å²) in [6.07, 6.45) is 0.937. The van der Waals surface area contributed by atoms with Crippen LogP contribution in [0.4, 0.5) is 0 Å². The highest BCUT2D eigenvalue weighted by Crippen LogP contribution is 2.31. The van der Waals surface area contributed by atoms with Gasteiger partial charge in [0.15, 0.2) is 0 Å². The molecular weight excluding hydrogens is 279 g/mol. The Labute approximate surface area is 123 Å². The molecule has 2 aromatic rings. The first-order chi connectivity index (χ1) is 9.17. The van der Waals surface area contributed by atoms with Crippen LogP contribution in [-0.2, 0) is 6.42 Å². The fourth-order valence-electron chi connectivity index (χ4n) is 2.22. The summed E-state index contributed by atoms with van der Waals surface area (Å²) in [5.41, 5.74) is 6.08. The summed E-state index contributed by atoms with van der Waals surface area (Å²) in [4.78, 5) is 0. The number of aryl methyl sites for hydroxylation is 1. The van der Waals surface area contributed by atoms with E-state index in [4.69, 9.17) is 29.0 Å². The summed E-state index contributed by atoms with van der Waals surface area (Å²) in [5, 5.41) is 1.30. The lowest BCUT2D eigenvalue weighted by Crippen LogP contribution is -2.29. The highest BCUT2D eigenvalue weighted by Gasteiger charge is 2.18. The Balaban J connectivity index is 2.53.